The van der Waals surface area contributed by atoms with Crippen LogP contribution in [0.15, 0.2) is 77.1 Å². The van der Waals surface area contributed by atoms with Gasteiger partial charge >= 0.3 is 0 Å². The monoisotopic (exact) mass is 677 g/mol. The van der Waals surface area contributed by atoms with Crippen LogP contribution in [0.25, 0.3) is 22.5 Å². The maximum absolute atomic E-state index is 13.8. The first-order valence-corrected chi connectivity index (χ1v) is 16.8. The second-order valence-corrected chi connectivity index (χ2v) is 14.1. The number of aliphatic hydroxyl groups excluding tert-OH is 1. The average Bonchev–Trinajstić information content (AvgIpc) is 3.59. The fraction of sp³-hybridized carbons (Fsp3) is 0.378. The van der Waals surface area contributed by atoms with Crippen molar-refractivity contribution in [1.82, 2.24) is 33.6 Å². The van der Waals surface area contributed by atoms with E-state index in [0.29, 0.717) is 40.3 Å². The van der Waals surface area contributed by atoms with Crippen LogP contribution < -0.4 is 21.3 Å². The Morgan fingerprint density at radius 3 is 2.66 bits per heavy atom. The van der Waals surface area contributed by atoms with Crippen molar-refractivity contribution in [3.05, 3.63) is 105 Å². The van der Waals surface area contributed by atoms with Crippen molar-refractivity contribution in [3.8, 4) is 16.9 Å². The normalized spacial score (nSPS) is 17.0. The number of piperazine rings is 1. The molecule has 0 saturated carbocycles. The van der Waals surface area contributed by atoms with Gasteiger partial charge in [0.25, 0.3) is 11.1 Å². The molecule has 7 rings (SSSR count). The number of hydrogen-bond acceptors (Lipinski definition) is 10. The minimum absolute atomic E-state index is 0.138. The number of aliphatic hydroxyl groups is 1. The third-order valence-electron chi connectivity index (χ3n) is 9.86. The van der Waals surface area contributed by atoms with Crippen molar-refractivity contribution in [3.63, 3.8) is 0 Å². The van der Waals surface area contributed by atoms with E-state index in [0.717, 1.165) is 55.1 Å². The number of rotatable bonds is 9. The van der Waals surface area contributed by atoms with Crippen LogP contribution in [0.3, 0.4) is 0 Å². The summed E-state index contributed by atoms with van der Waals surface area (Å²) in [6.45, 7) is 13.4. The Labute approximate surface area is 290 Å². The molecule has 1 aliphatic carbocycles. The van der Waals surface area contributed by atoms with Crippen LogP contribution in [0.2, 0.25) is 0 Å². The number of nitrogens with zero attached hydrogens (tertiary/aromatic N) is 8. The number of anilines is 3. The second-order valence-electron chi connectivity index (χ2n) is 14.1. The van der Waals surface area contributed by atoms with Gasteiger partial charge in [0.2, 0.25) is 0 Å². The molecule has 1 fully saturated rings. The van der Waals surface area contributed by atoms with Gasteiger partial charge in [0.1, 0.15) is 23.3 Å². The molecule has 1 atom stereocenters. The van der Waals surface area contributed by atoms with Crippen LogP contribution in [0.4, 0.5) is 17.2 Å². The number of aromatic nitrogens is 6. The summed E-state index contributed by atoms with van der Waals surface area (Å²) in [5.74, 6) is 0.755. The van der Waals surface area contributed by atoms with Crippen molar-refractivity contribution in [2.24, 2.45) is 12.5 Å². The van der Waals surface area contributed by atoms with E-state index in [2.05, 4.69) is 57.5 Å². The molecule has 0 radical (unpaired) electrons. The summed E-state index contributed by atoms with van der Waals surface area (Å²) in [6.07, 6.45) is 8.50. The first-order chi connectivity index (χ1) is 24.0. The molecule has 0 aromatic carbocycles. The zero-order chi connectivity index (χ0) is 35.3. The molecule has 5 aromatic heterocycles. The Morgan fingerprint density at radius 2 is 1.94 bits per heavy atom. The zero-order valence-corrected chi connectivity index (χ0v) is 29.2. The molecule has 0 amide bonds. The highest BCUT2D eigenvalue weighted by Crippen LogP contribution is 2.37. The van der Waals surface area contributed by atoms with Crippen LogP contribution in [0, 0.1) is 5.41 Å². The molecule has 13 heteroatoms. The first-order valence-electron chi connectivity index (χ1n) is 16.8. The SMILES string of the molecule is C=C(COC)N1CCN(c2ccc(Nc3cc(-c4ccnc(-n5ncn6c7c(cc6c5=O)CC(C)(C)C7)c4CO)cn(C)c3=O)nc2)[C@@H](C)C1. The van der Waals surface area contributed by atoms with Crippen LogP contribution in [-0.4, -0.2) is 78.1 Å². The topological polar surface area (TPSA) is 135 Å². The predicted octanol–water partition coefficient (Wildman–Crippen LogP) is 3.67. The molecule has 5 aromatic rings. The number of methoxy groups -OCH3 is 1. The van der Waals surface area contributed by atoms with E-state index in [1.807, 2.05) is 28.8 Å². The van der Waals surface area contributed by atoms with Gasteiger partial charge in [-0.2, -0.15) is 9.78 Å². The third kappa shape index (κ3) is 5.96. The summed E-state index contributed by atoms with van der Waals surface area (Å²) < 4.78 is 9.85. The largest absolute Gasteiger partial charge is 0.392 e. The molecule has 0 spiro atoms. The van der Waals surface area contributed by atoms with Crippen LogP contribution in [-0.2, 0) is 31.2 Å². The number of ether oxygens (including phenoxy) is 1. The van der Waals surface area contributed by atoms with Gasteiger partial charge < -0.3 is 29.5 Å². The molecular weight excluding hydrogens is 634 g/mol. The minimum atomic E-state index is -0.398. The van der Waals surface area contributed by atoms with Crippen molar-refractivity contribution < 1.29 is 9.84 Å². The molecule has 0 unspecified atom stereocenters. The van der Waals surface area contributed by atoms with E-state index >= 15 is 0 Å². The molecule has 1 aliphatic heterocycles. The minimum Gasteiger partial charge on any atom is -0.392 e. The third-order valence-corrected chi connectivity index (χ3v) is 9.86. The maximum Gasteiger partial charge on any atom is 0.297 e. The quantitative estimate of drug-likeness (QED) is 0.238. The predicted molar refractivity (Wildman–Crippen MR) is 193 cm³/mol. The lowest BCUT2D eigenvalue weighted by molar-refractivity contribution is 0.178. The highest BCUT2D eigenvalue weighted by Gasteiger charge is 2.32. The Morgan fingerprint density at radius 1 is 1.12 bits per heavy atom. The zero-order valence-electron chi connectivity index (χ0n) is 29.2. The van der Waals surface area contributed by atoms with Gasteiger partial charge in [0, 0.05) is 74.7 Å². The number of hydrogen-bond donors (Lipinski definition) is 2. The molecule has 50 heavy (non-hydrogen) atoms. The highest BCUT2D eigenvalue weighted by atomic mass is 16.5. The standard InChI is InChI=1S/C37H43N9O4/c1-23-18-43(24(2)21-50-6)11-12-44(23)27-7-8-33(39-17-27)41-30-13-26(19-42(5)35(30)48)28-9-10-38-34(29(28)20-47)46-36(49)31-14-25-15-37(3,4)16-32(25)45(31)22-40-46/h7-10,13-14,17,19,22-23,47H,2,11-12,15-16,18,20-21H2,1,3-6H3,(H,39,41)/t23-/m0/s1. The number of fused-ring (bicyclic) bond motifs is 3. The summed E-state index contributed by atoms with van der Waals surface area (Å²) in [4.78, 5) is 40.7. The Bertz CT molecular complexity index is 2220. The van der Waals surface area contributed by atoms with E-state index in [4.69, 9.17) is 4.74 Å². The van der Waals surface area contributed by atoms with E-state index in [1.165, 1.54) is 9.25 Å². The number of nitrogens with one attached hydrogen (secondary N) is 1. The van der Waals surface area contributed by atoms with Gasteiger partial charge in [0.15, 0.2) is 5.82 Å². The molecule has 6 heterocycles. The summed E-state index contributed by atoms with van der Waals surface area (Å²) in [5.41, 5.74) is 6.34. The Balaban J connectivity index is 1.16. The van der Waals surface area contributed by atoms with Gasteiger partial charge in [-0.1, -0.05) is 20.4 Å². The molecule has 0 bridgehead atoms. The molecule has 2 N–H and O–H groups in total. The average molecular weight is 678 g/mol. The molecular formula is C37H43N9O4. The smallest absolute Gasteiger partial charge is 0.297 e. The van der Waals surface area contributed by atoms with Crippen molar-refractivity contribution in [2.75, 3.05) is 43.6 Å². The second kappa shape index (κ2) is 12.9. The van der Waals surface area contributed by atoms with Crippen LogP contribution in [0.5, 0.6) is 0 Å². The van der Waals surface area contributed by atoms with E-state index in [9.17, 15) is 14.7 Å². The van der Waals surface area contributed by atoms with E-state index in [-0.39, 0.29) is 28.4 Å². The highest BCUT2D eigenvalue weighted by molar-refractivity contribution is 5.73. The van der Waals surface area contributed by atoms with E-state index in [1.54, 1.807) is 45.0 Å². The first kappa shape index (κ1) is 33.2. The van der Waals surface area contributed by atoms with Gasteiger partial charge in [-0.05, 0) is 66.6 Å². The lowest BCUT2D eigenvalue weighted by Gasteiger charge is -2.42. The molecule has 2 aliphatic rings. The van der Waals surface area contributed by atoms with Gasteiger partial charge in [-0.3, -0.25) is 14.0 Å². The Hall–Kier alpha value is -5.27. The van der Waals surface area contributed by atoms with Crippen LogP contribution in [0.1, 0.15) is 37.6 Å². The van der Waals surface area contributed by atoms with Gasteiger partial charge in [-0.25, -0.2) is 9.97 Å². The number of aryl methyl sites for hydroxylation is 1. The summed E-state index contributed by atoms with van der Waals surface area (Å²) in [7, 11) is 3.35. The molecule has 1 saturated heterocycles. The van der Waals surface area contributed by atoms with E-state index < -0.39 is 6.61 Å². The Kier molecular flexibility index (Phi) is 8.56. The lowest BCUT2D eigenvalue weighted by Crippen LogP contribution is -2.51. The fourth-order valence-corrected chi connectivity index (χ4v) is 7.41. The maximum atomic E-state index is 13.8. The van der Waals surface area contributed by atoms with Crippen molar-refractivity contribution in [1.29, 1.82) is 0 Å². The van der Waals surface area contributed by atoms with Gasteiger partial charge in [-0.15, -0.1) is 0 Å². The molecule has 260 valence electrons. The van der Waals surface area contributed by atoms with Crippen LogP contribution >= 0.6 is 0 Å². The fourth-order valence-electron chi connectivity index (χ4n) is 7.41. The lowest BCUT2D eigenvalue weighted by atomic mass is 9.90. The summed E-state index contributed by atoms with van der Waals surface area (Å²) in [5, 5.41) is 18.3. The summed E-state index contributed by atoms with van der Waals surface area (Å²) in [6, 6.07) is 9.54. The molecule has 13 nitrogen and oxygen atoms in total. The number of pyridine rings is 3. The van der Waals surface area contributed by atoms with Crippen molar-refractivity contribution >= 4 is 22.7 Å². The van der Waals surface area contributed by atoms with Gasteiger partial charge in [0.05, 0.1) is 25.1 Å². The van der Waals surface area contributed by atoms with Crippen molar-refractivity contribution in [2.45, 2.75) is 46.3 Å². The summed E-state index contributed by atoms with van der Waals surface area (Å²) >= 11 is 0.